The van der Waals surface area contributed by atoms with Crippen LogP contribution in [-0.2, 0) is 5.54 Å². The summed E-state index contributed by atoms with van der Waals surface area (Å²) in [5.41, 5.74) is 2.43. The number of carboxylic acid groups (broad SMARTS) is 1. The number of carboxylic acids is 1. The number of fused-ring (bicyclic) bond motifs is 1. The molecule has 42 heavy (non-hydrogen) atoms. The lowest BCUT2D eigenvalue weighted by molar-refractivity contribution is 0.0507. The van der Waals surface area contributed by atoms with Crippen LogP contribution in [0.15, 0.2) is 42.6 Å². The molecule has 4 heterocycles. The van der Waals surface area contributed by atoms with E-state index in [1.807, 2.05) is 56.3 Å². The van der Waals surface area contributed by atoms with E-state index < -0.39 is 28.7 Å². The molecule has 0 aliphatic carbocycles. The van der Waals surface area contributed by atoms with Gasteiger partial charge in [0.1, 0.15) is 17.2 Å². The van der Waals surface area contributed by atoms with Crippen molar-refractivity contribution < 1.29 is 23.5 Å². The number of pyridine rings is 2. The van der Waals surface area contributed by atoms with Crippen LogP contribution in [0.4, 0.5) is 14.6 Å². The number of hydrogen-bond acceptors (Lipinski definition) is 5. The van der Waals surface area contributed by atoms with Gasteiger partial charge in [0.2, 0.25) is 0 Å². The molecule has 10 heteroatoms. The quantitative estimate of drug-likeness (QED) is 0.312. The van der Waals surface area contributed by atoms with Crippen molar-refractivity contribution in [1.82, 2.24) is 19.4 Å². The van der Waals surface area contributed by atoms with Crippen LogP contribution in [0.5, 0.6) is 0 Å². The van der Waals surface area contributed by atoms with Crippen molar-refractivity contribution in [3.8, 4) is 11.1 Å². The van der Waals surface area contributed by atoms with Crippen molar-refractivity contribution in [1.29, 1.82) is 0 Å². The number of halogens is 2. The van der Waals surface area contributed by atoms with Gasteiger partial charge in [0.15, 0.2) is 11.6 Å². The van der Waals surface area contributed by atoms with Gasteiger partial charge < -0.3 is 19.5 Å². The summed E-state index contributed by atoms with van der Waals surface area (Å²) in [7, 11) is 0. The standard InChI is InChI=1S/C32H35F2N5O3/c1-18-14-26(35-19(2)27(18)30(41)42)37-12-13-38(32(6,7)17-37)29(40)25-11-9-21-22(20-8-10-23(33)24(34)15-20)16-39(28(21)36-25)31(3,4)5/h8-11,14-16H,12-13,17H2,1-7H3,(H,41,42). The molecule has 1 N–H and O–H groups in total. The molecule has 220 valence electrons. The number of aromatic carboxylic acids is 1. The van der Waals surface area contributed by atoms with E-state index in [9.17, 15) is 23.5 Å². The zero-order chi connectivity index (χ0) is 30.7. The van der Waals surface area contributed by atoms with Crippen molar-refractivity contribution >= 4 is 28.7 Å². The molecule has 1 aliphatic rings. The minimum absolute atomic E-state index is 0.209. The van der Waals surface area contributed by atoms with Gasteiger partial charge in [-0.1, -0.05) is 6.07 Å². The van der Waals surface area contributed by atoms with Gasteiger partial charge in [-0.05, 0) is 89.9 Å². The molecule has 1 fully saturated rings. The summed E-state index contributed by atoms with van der Waals surface area (Å²) in [4.78, 5) is 38.8. The largest absolute Gasteiger partial charge is 0.478 e. The van der Waals surface area contributed by atoms with E-state index in [4.69, 9.17) is 4.98 Å². The Kier molecular flexibility index (Phi) is 7.07. The number of aromatic nitrogens is 3. The normalized spacial score (nSPS) is 15.4. The lowest BCUT2D eigenvalue weighted by atomic mass is 9.97. The molecule has 3 aromatic heterocycles. The fourth-order valence-corrected chi connectivity index (χ4v) is 5.79. The van der Waals surface area contributed by atoms with Gasteiger partial charge in [0.05, 0.1) is 16.8 Å². The highest BCUT2D eigenvalue weighted by Crippen LogP contribution is 2.35. The predicted molar refractivity (Wildman–Crippen MR) is 158 cm³/mol. The van der Waals surface area contributed by atoms with E-state index in [0.717, 1.165) is 11.5 Å². The SMILES string of the molecule is Cc1cc(N2CCN(C(=O)c3ccc4c(-c5ccc(F)c(F)c5)cn(C(C)(C)C)c4n3)C(C)(C)C2)nc(C)c1C(=O)O. The first kappa shape index (κ1) is 29.2. The summed E-state index contributed by atoms with van der Waals surface area (Å²) in [5, 5.41) is 10.2. The highest BCUT2D eigenvalue weighted by atomic mass is 19.2. The number of hydrogen-bond donors (Lipinski definition) is 1. The lowest BCUT2D eigenvalue weighted by Gasteiger charge is -2.47. The smallest absolute Gasteiger partial charge is 0.337 e. The van der Waals surface area contributed by atoms with E-state index in [1.54, 1.807) is 26.0 Å². The third-order valence-corrected chi connectivity index (χ3v) is 7.89. The van der Waals surface area contributed by atoms with Crippen LogP contribution in [0.25, 0.3) is 22.2 Å². The van der Waals surface area contributed by atoms with E-state index in [1.165, 1.54) is 12.1 Å². The molecule has 0 atom stereocenters. The highest BCUT2D eigenvalue weighted by molar-refractivity contribution is 5.99. The molecule has 0 saturated carbocycles. The first-order chi connectivity index (χ1) is 19.6. The Morgan fingerprint density at radius 1 is 0.976 bits per heavy atom. The van der Waals surface area contributed by atoms with Crippen molar-refractivity contribution in [2.75, 3.05) is 24.5 Å². The predicted octanol–water partition coefficient (Wildman–Crippen LogP) is 6.19. The molecule has 0 unspecified atom stereocenters. The number of carbonyl (C=O) groups excluding carboxylic acids is 1. The number of aryl methyl sites for hydroxylation is 2. The Morgan fingerprint density at radius 3 is 2.29 bits per heavy atom. The maximum atomic E-state index is 14.1. The molecular weight excluding hydrogens is 540 g/mol. The van der Waals surface area contributed by atoms with E-state index >= 15 is 0 Å². The number of amides is 1. The second-order valence-corrected chi connectivity index (χ2v) is 12.5. The lowest BCUT2D eigenvalue weighted by Crippen LogP contribution is -2.61. The van der Waals surface area contributed by atoms with Gasteiger partial charge in [-0.3, -0.25) is 4.79 Å². The summed E-state index contributed by atoms with van der Waals surface area (Å²) < 4.78 is 29.7. The molecule has 8 nitrogen and oxygen atoms in total. The molecular formula is C32H35F2N5O3. The number of carbonyl (C=O) groups is 2. The molecule has 5 rings (SSSR count). The zero-order valence-electron chi connectivity index (χ0n) is 24.9. The van der Waals surface area contributed by atoms with Gasteiger partial charge in [0.25, 0.3) is 5.91 Å². The second-order valence-electron chi connectivity index (χ2n) is 12.5. The summed E-state index contributed by atoms with van der Waals surface area (Å²) in [5.74, 6) is -2.37. The molecule has 1 saturated heterocycles. The fourth-order valence-electron chi connectivity index (χ4n) is 5.79. The fraction of sp³-hybridized carbons (Fsp3) is 0.375. The minimum Gasteiger partial charge on any atom is -0.478 e. The van der Waals surface area contributed by atoms with Gasteiger partial charge >= 0.3 is 5.97 Å². The van der Waals surface area contributed by atoms with Gasteiger partial charge in [-0.15, -0.1) is 0 Å². The summed E-state index contributed by atoms with van der Waals surface area (Å²) >= 11 is 0. The van der Waals surface area contributed by atoms with Gasteiger partial charge in [-0.2, -0.15) is 0 Å². The molecule has 1 aromatic carbocycles. The van der Waals surface area contributed by atoms with Crippen LogP contribution >= 0.6 is 0 Å². The molecule has 0 radical (unpaired) electrons. The van der Waals surface area contributed by atoms with E-state index in [-0.39, 0.29) is 11.5 Å². The Hall–Kier alpha value is -4.34. The minimum atomic E-state index is -1.00. The van der Waals surface area contributed by atoms with E-state index in [2.05, 4.69) is 9.88 Å². The average molecular weight is 576 g/mol. The molecule has 1 aliphatic heterocycles. The third-order valence-electron chi connectivity index (χ3n) is 7.89. The monoisotopic (exact) mass is 575 g/mol. The average Bonchev–Trinajstić information content (AvgIpc) is 3.28. The van der Waals surface area contributed by atoms with Crippen LogP contribution in [0.3, 0.4) is 0 Å². The number of anilines is 1. The third kappa shape index (κ3) is 5.10. The number of nitrogens with zero attached hydrogens (tertiary/aromatic N) is 5. The first-order valence-electron chi connectivity index (χ1n) is 13.8. The Balaban J connectivity index is 1.47. The van der Waals surface area contributed by atoms with Crippen LogP contribution in [0.2, 0.25) is 0 Å². The van der Waals surface area contributed by atoms with Crippen LogP contribution in [-0.4, -0.2) is 61.6 Å². The Bertz CT molecular complexity index is 1720. The maximum Gasteiger partial charge on any atom is 0.337 e. The molecule has 0 bridgehead atoms. The highest BCUT2D eigenvalue weighted by Gasteiger charge is 2.38. The maximum absolute atomic E-state index is 14.1. The van der Waals surface area contributed by atoms with Gasteiger partial charge in [0, 0.05) is 42.3 Å². The van der Waals surface area contributed by atoms with Crippen LogP contribution < -0.4 is 4.90 Å². The van der Waals surface area contributed by atoms with E-state index in [0.29, 0.717) is 59.2 Å². The van der Waals surface area contributed by atoms with Crippen LogP contribution in [0.1, 0.15) is 66.7 Å². The van der Waals surface area contributed by atoms with Gasteiger partial charge in [-0.25, -0.2) is 23.5 Å². The van der Waals surface area contributed by atoms with Crippen molar-refractivity contribution in [3.05, 3.63) is 76.7 Å². The molecule has 4 aromatic rings. The Morgan fingerprint density at radius 2 is 1.69 bits per heavy atom. The van der Waals surface area contributed by atoms with Crippen molar-refractivity contribution in [2.24, 2.45) is 0 Å². The molecule has 1 amide bonds. The Labute approximate surface area is 243 Å². The number of piperazine rings is 1. The molecule has 0 spiro atoms. The number of benzene rings is 1. The topological polar surface area (TPSA) is 91.6 Å². The summed E-state index contributed by atoms with van der Waals surface area (Å²) in [6.45, 7) is 14.9. The summed E-state index contributed by atoms with van der Waals surface area (Å²) in [6.07, 6.45) is 1.87. The number of rotatable bonds is 4. The summed E-state index contributed by atoms with van der Waals surface area (Å²) in [6, 6.07) is 9.10. The zero-order valence-corrected chi connectivity index (χ0v) is 24.9. The van der Waals surface area contributed by atoms with Crippen LogP contribution in [0, 0.1) is 25.5 Å². The second kappa shape index (κ2) is 10.2. The van der Waals surface area contributed by atoms with Crippen molar-refractivity contribution in [2.45, 2.75) is 59.5 Å². The van der Waals surface area contributed by atoms with Crippen molar-refractivity contribution in [3.63, 3.8) is 0 Å². The first-order valence-corrected chi connectivity index (χ1v) is 13.8.